The molecule has 0 aliphatic carbocycles. The molecule has 116 valence electrons. The van der Waals surface area contributed by atoms with Crippen molar-refractivity contribution in [1.82, 2.24) is 15.1 Å². The van der Waals surface area contributed by atoms with E-state index in [2.05, 4.69) is 27.0 Å². The Bertz CT molecular complexity index is 612. The number of hydrogen-bond donors (Lipinski definition) is 0. The summed E-state index contributed by atoms with van der Waals surface area (Å²) in [6.07, 6.45) is 2.51. The van der Waals surface area contributed by atoms with E-state index in [4.69, 9.17) is 0 Å². The predicted octanol–water partition coefficient (Wildman–Crippen LogP) is 2.81. The lowest BCUT2D eigenvalue weighted by molar-refractivity contribution is 0.314. The second-order valence-electron chi connectivity index (χ2n) is 5.94. The summed E-state index contributed by atoms with van der Waals surface area (Å²) in [5.41, 5.74) is 1.63. The molecule has 1 aliphatic rings. The first-order chi connectivity index (χ1) is 10.6. The molecule has 0 bridgehead atoms. The van der Waals surface area contributed by atoms with Crippen molar-refractivity contribution in [2.24, 2.45) is 0 Å². The maximum Gasteiger partial charge on any atom is 0.151 e. The van der Waals surface area contributed by atoms with Crippen LogP contribution in [0.4, 0.5) is 10.2 Å². The van der Waals surface area contributed by atoms with Crippen molar-refractivity contribution in [3.63, 3.8) is 0 Å². The molecule has 1 aromatic carbocycles. The van der Waals surface area contributed by atoms with Gasteiger partial charge in [0.1, 0.15) is 5.82 Å². The van der Waals surface area contributed by atoms with Gasteiger partial charge < -0.3 is 9.80 Å². The van der Waals surface area contributed by atoms with Crippen molar-refractivity contribution in [3.05, 3.63) is 42.2 Å². The number of likely N-dealkylation sites (tertiary alicyclic amines) is 1. The number of halogens is 1. The van der Waals surface area contributed by atoms with Crippen LogP contribution in [0.25, 0.3) is 11.3 Å². The number of rotatable bonds is 4. The fraction of sp³-hybridized carbons (Fsp3) is 0.412. The normalized spacial score (nSPS) is 18.6. The summed E-state index contributed by atoms with van der Waals surface area (Å²) >= 11 is 0. The van der Waals surface area contributed by atoms with Crippen molar-refractivity contribution in [1.29, 1.82) is 0 Å². The van der Waals surface area contributed by atoms with Gasteiger partial charge in [0.25, 0.3) is 0 Å². The van der Waals surface area contributed by atoms with Crippen LogP contribution in [-0.2, 0) is 0 Å². The van der Waals surface area contributed by atoms with E-state index < -0.39 is 0 Å². The molecule has 2 aromatic rings. The molecule has 2 heterocycles. The third kappa shape index (κ3) is 3.25. The van der Waals surface area contributed by atoms with Crippen LogP contribution < -0.4 is 4.90 Å². The standard InChI is InChI=1S/C17H21FN4/c1-21-11-3-4-15(21)12-22(2)17-10-9-16(19-20-17)13-5-7-14(18)8-6-13/h5-10,15H,3-4,11-12H2,1-2H3. The van der Waals surface area contributed by atoms with Crippen molar-refractivity contribution in [2.45, 2.75) is 18.9 Å². The van der Waals surface area contributed by atoms with Gasteiger partial charge in [0.05, 0.1) is 5.69 Å². The number of hydrogen-bond acceptors (Lipinski definition) is 4. The third-order valence-electron chi connectivity index (χ3n) is 4.34. The maximum absolute atomic E-state index is 13.0. The Morgan fingerprint density at radius 3 is 2.55 bits per heavy atom. The number of anilines is 1. The van der Waals surface area contributed by atoms with Crippen LogP contribution in [0.15, 0.2) is 36.4 Å². The van der Waals surface area contributed by atoms with Gasteiger partial charge in [0.15, 0.2) is 5.82 Å². The first kappa shape index (κ1) is 14.9. The largest absolute Gasteiger partial charge is 0.357 e. The van der Waals surface area contributed by atoms with Gasteiger partial charge in [0.2, 0.25) is 0 Å². The Balaban J connectivity index is 1.69. The van der Waals surface area contributed by atoms with Gasteiger partial charge in [-0.3, -0.25) is 0 Å². The highest BCUT2D eigenvalue weighted by Gasteiger charge is 2.22. The second-order valence-corrected chi connectivity index (χ2v) is 5.94. The van der Waals surface area contributed by atoms with Crippen LogP contribution in [0.2, 0.25) is 0 Å². The molecule has 0 N–H and O–H groups in total. The van der Waals surface area contributed by atoms with Crippen LogP contribution in [0.1, 0.15) is 12.8 Å². The Morgan fingerprint density at radius 1 is 1.18 bits per heavy atom. The highest BCUT2D eigenvalue weighted by atomic mass is 19.1. The molecule has 0 amide bonds. The lowest BCUT2D eigenvalue weighted by atomic mass is 10.1. The zero-order valence-electron chi connectivity index (χ0n) is 13.0. The topological polar surface area (TPSA) is 32.3 Å². The van der Waals surface area contributed by atoms with Crippen LogP contribution in [-0.4, -0.2) is 48.3 Å². The van der Waals surface area contributed by atoms with Gasteiger partial charge in [0, 0.05) is 25.2 Å². The monoisotopic (exact) mass is 300 g/mol. The molecule has 0 radical (unpaired) electrons. The minimum atomic E-state index is -0.242. The number of nitrogens with zero attached hydrogens (tertiary/aromatic N) is 4. The molecule has 3 rings (SSSR count). The Kier molecular flexibility index (Phi) is 4.34. The number of likely N-dealkylation sites (N-methyl/N-ethyl adjacent to an activating group) is 2. The van der Waals surface area contributed by atoms with Gasteiger partial charge in [-0.25, -0.2) is 4.39 Å². The average Bonchev–Trinajstić information content (AvgIpc) is 2.93. The van der Waals surface area contributed by atoms with E-state index >= 15 is 0 Å². The van der Waals surface area contributed by atoms with Crippen molar-refractivity contribution >= 4 is 5.82 Å². The Morgan fingerprint density at radius 2 is 1.95 bits per heavy atom. The first-order valence-corrected chi connectivity index (χ1v) is 7.64. The highest BCUT2D eigenvalue weighted by molar-refractivity contribution is 5.59. The molecule has 1 aliphatic heterocycles. The molecule has 1 aromatic heterocycles. The van der Waals surface area contributed by atoms with E-state index in [1.54, 1.807) is 12.1 Å². The molecule has 5 heteroatoms. The zero-order chi connectivity index (χ0) is 15.5. The van der Waals surface area contributed by atoms with E-state index in [1.165, 1.54) is 31.5 Å². The van der Waals surface area contributed by atoms with E-state index in [9.17, 15) is 4.39 Å². The van der Waals surface area contributed by atoms with Gasteiger partial charge in [-0.2, -0.15) is 0 Å². The molecule has 1 saturated heterocycles. The van der Waals surface area contributed by atoms with Crippen molar-refractivity contribution < 1.29 is 4.39 Å². The van der Waals surface area contributed by atoms with Crippen LogP contribution in [0.3, 0.4) is 0 Å². The number of benzene rings is 1. The SMILES string of the molecule is CN(CC1CCCN1C)c1ccc(-c2ccc(F)cc2)nn1. The second kappa shape index (κ2) is 6.40. The summed E-state index contributed by atoms with van der Waals surface area (Å²) in [6.45, 7) is 2.13. The molecule has 1 atom stereocenters. The minimum Gasteiger partial charge on any atom is -0.357 e. The first-order valence-electron chi connectivity index (χ1n) is 7.64. The summed E-state index contributed by atoms with van der Waals surface area (Å²) in [5.74, 6) is 0.625. The van der Waals surface area contributed by atoms with Gasteiger partial charge in [-0.1, -0.05) is 0 Å². The molecule has 0 spiro atoms. The molecular weight excluding hydrogens is 279 g/mol. The molecule has 1 unspecified atom stereocenters. The summed E-state index contributed by atoms with van der Waals surface area (Å²) in [6, 6.07) is 10.8. The highest BCUT2D eigenvalue weighted by Crippen LogP contribution is 2.20. The van der Waals surface area contributed by atoms with Crippen LogP contribution in [0, 0.1) is 5.82 Å². The molecule has 1 fully saturated rings. The van der Waals surface area contributed by atoms with Crippen LogP contribution >= 0.6 is 0 Å². The molecule has 4 nitrogen and oxygen atoms in total. The number of aromatic nitrogens is 2. The maximum atomic E-state index is 13.0. The Hall–Kier alpha value is -2.01. The fourth-order valence-electron chi connectivity index (χ4n) is 2.92. The van der Waals surface area contributed by atoms with Gasteiger partial charge in [-0.05, 0) is 62.8 Å². The fourth-order valence-corrected chi connectivity index (χ4v) is 2.92. The smallest absolute Gasteiger partial charge is 0.151 e. The summed E-state index contributed by atoms with van der Waals surface area (Å²) in [5, 5.41) is 8.57. The van der Waals surface area contributed by atoms with E-state index in [-0.39, 0.29) is 5.82 Å². The van der Waals surface area contributed by atoms with E-state index in [0.717, 1.165) is 23.6 Å². The van der Waals surface area contributed by atoms with Gasteiger partial charge in [-0.15, -0.1) is 10.2 Å². The van der Waals surface area contributed by atoms with Crippen LogP contribution in [0.5, 0.6) is 0 Å². The third-order valence-corrected chi connectivity index (χ3v) is 4.34. The summed E-state index contributed by atoms with van der Waals surface area (Å²) in [7, 11) is 4.22. The van der Waals surface area contributed by atoms with E-state index in [1.807, 2.05) is 19.2 Å². The van der Waals surface area contributed by atoms with E-state index in [0.29, 0.717) is 6.04 Å². The quantitative estimate of drug-likeness (QED) is 0.869. The van der Waals surface area contributed by atoms with Gasteiger partial charge >= 0.3 is 0 Å². The summed E-state index contributed by atoms with van der Waals surface area (Å²) < 4.78 is 13.0. The zero-order valence-corrected chi connectivity index (χ0v) is 13.0. The Labute approximate surface area is 130 Å². The lowest BCUT2D eigenvalue weighted by Crippen LogP contribution is -2.37. The summed E-state index contributed by atoms with van der Waals surface area (Å²) in [4.78, 5) is 4.55. The predicted molar refractivity (Wildman–Crippen MR) is 86.3 cm³/mol. The minimum absolute atomic E-state index is 0.242. The molecule has 0 saturated carbocycles. The molecular formula is C17H21FN4. The lowest BCUT2D eigenvalue weighted by Gasteiger charge is -2.26. The van der Waals surface area contributed by atoms with Crippen molar-refractivity contribution in [2.75, 3.05) is 32.1 Å². The van der Waals surface area contributed by atoms with Crippen molar-refractivity contribution in [3.8, 4) is 11.3 Å². The molecule has 22 heavy (non-hydrogen) atoms. The average molecular weight is 300 g/mol.